The van der Waals surface area contributed by atoms with E-state index in [4.69, 9.17) is 0 Å². The summed E-state index contributed by atoms with van der Waals surface area (Å²) in [6.07, 6.45) is 1.96. The fraction of sp³-hybridized carbons (Fsp3) is 0.400. The molecule has 0 unspecified atom stereocenters. The monoisotopic (exact) mass is 211 g/mol. The molecule has 0 saturated heterocycles. The highest BCUT2D eigenvalue weighted by molar-refractivity contribution is 7.88. The van der Waals surface area contributed by atoms with E-state index >= 15 is 0 Å². The van der Waals surface area contributed by atoms with Crippen molar-refractivity contribution in [1.29, 1.82) is 0 Å². The topological polar surface area (TPSA) is 46.2 Å². The number of hydrogen-bond donors (Lipinski definition) is 1. The second-order valence-electron chi connectivity index (χ2n) is 3.64. The maximum atomic E-state index is 11.5. The van der Waals surface area contributed by atoms with Crippen LogP contribution in [0.2, 0.25) is 0 Å². The standard InChI is InChI=1S/C10H13NO2S/c12-14(13,11-10-6-7-10)8-9-4-2-1-3-5-9/h1-5,10-11H,6-8H2. The molecule has 4 heteroatoms. The smallest absolute Gasteiger partial charge is 0.212 e. The highest BCUT2D eigenvalue weighted by Crippen LogP contribution is 2.20. The van der Waals surface area contributed by atoms with Crippen LogP contribution in [-0.4, -0.2) is 14.5 Å². The van der Waals surface area contributed by atoms with Crippen LogP contribution in [0.1, 0.15) is 18.4 Å². The van der Waals surface area contributed by atoms with Gasteiger partial charge in [0.15, 0.2) is 0 Å². The van der Waals surface area contributed by atoms with E-state index in [1.54, 1.807) is 0 Å². The lowest BCUT2D eigenvalue weighted by atomic mass is 10.2. The molecule has 0 radical (unpaired) electrons. The Hall–Kier alpha value is -0.870. The summed E-state index contributed by atoms with van der Waals surface area (Å²) in [6, 6.07) is 9.43. The maximum Gasteiger partial charge on any atom is 0.216 e. The van der Waals surface area contributed by atoms with E-state index in [0.29, 0.717) is 0 Å². The van der Waals surface area contributed by atoms with Crippen molar-refractivity contribution in [2.24, 2.45) is 0 Å². The van der Waals surface area contributed by atoms with Crippen LogP contribution in [0.25, 0.3) is 0 Å². The van der Waals surface area contributed by atoms with Crippen LogP contribution in [0.3, 0.4) is 0 Å². The summed E-state index contributed by atoms with van der Waals surface area (Å²) in [5, 5.41) is 0. The lowest BCUT2D eigenvalue weighted by Crippen LogP contribution is -2.26. The van der Waals surface area contributed by atoms with Gasteiger partial charge in [-0.05, 0) is 18.4 Å². The third-order valence-corrected chi connectivity index (χ3v) is 3.53. The zero-order chi connectivity index (χ0) is 10.0. The van der Waals surface area contributed by atoms with Gasteiger partial charge in [-0.1, -0.05) is 30.3 Å². The summed E-state index contributed by atoms with van der Waals surface area (Å²) in [6.45, 7) is 0. The summed E-state index contributed by atoms with van der Waals surface area (Å²) >= 11 is 0. The van der Waals surface area contributed by atoms with Gasteiger partial charge in [-0.25, -0.2) is 13.1 Å². The van der Waals surface area contributed by atoms with Crippen molar-refractivity contribution >= 4 is 10.0 Å². The minimum absolute atomic E-state index is 0.0876. The molecule has 2 rings (SSSR count). The third kappa shape index (κ3) is 2.82. The van der Waals surface area contributed by atoms with Crippen LogP contribution in [0.15, 0.2) is 30.3 Å². The molecule has 1 aromatic carbocycles. The van der Waals surface area contributed by atoms with Gasteiger partial charge in [0.2, 0.25) is 10.0 Å². The molecule has 1 N–H and O–H groups in total. The Morgan fingerprint density at radius 2 is 1.86 bits per heavy atom. The first-order valence-corrected chi connectivity index (χ1v) is 6.35. The van der Waals surface area contributed by atoms with Crippen molar-refractivity contribution in [3.8, 4) is 0 Å². The van der Waals surface area contributed by atoms with Crippen molar-refractivity contribution in [1.82, 2.24) is 4.72 Å². The molecule has 0 bridgehead atoms. The molecule has 1 aliphatic rings. The molecule has 0 aromatic heterocycles. The van der Waals surface area contributed by atoms with Gasteiger partial charge in [-0.15, -0.1) is 0 Å². The van der Waals surface area contributed by atoms with Gasteiger partial charge in [0.25, 0.3) is 0 Å². The predicted molar refractivity (Wildman–Crippen MR) is 55.2 cm³/mol. The first-order valence-electron chi connectivity index (χ1n) is 4.70. The predicted octanol–water partition coefficient (Wildman–Crippen LogP) is 1.27. The second kappa shape index (κ2) is 3.71. The van der Waals surface area contributed by atoms with Crippen LogP contribution >= 0.6 is 0 Å². The third-order valence-electron chi connectivity index (χ3n) is 2.12. The molecular weight excluding hydrogens is 198 g/mol. The average molecular weight is 211 g/mol. The van der Waals surface area contributed by atoms with Crippen LogP contribution < -0.4 is 4.72 Å². The van der Waals surface area contributed by atoms with Gasteiger partial charge in [-0.3, -0.25) is 0 Å². The lowest BCUT2D eigenvalue weighted by molar-refractivity contribution is 0.580. The summed E-state index contributed by atoms with van der Waals surface area (Å²) in [5.41, 5.74) is 0.834. The quantitative estimate of drug-likeness (QED) is 0.815. The number of rotatable bonds is 4. The Balaban J connectivity index is 2.02. The first kappa shape index (κ1) is 9.68. The van der Waals surface area contributed by atoms with Gasteiger partial charge in [-0.2, -0.15) is 0 Å². The SMILES string of the molecule is O=S(=O)(Cc1ccccc1)NC1CC1. The van der Waals surface area contributed by atoms with Gasteiger partial charge >= 0.3 is 0 Å². The molecule has 0 atom stereocenters. The Morgan fingerprint density at radius 3 is 2.43 bits per heavy atom. The van der Waals surface area contributed by atoms with Gasteiger partial charge in [0, 0.05) is 6.04 Å². The average Bonchev–Trinajstić information content (AvgIpc) is 2.88. The van der Waals surface area contributed by atoms with Crippen LogP contribution in [0.5, 0.6) is 0 Å². The molecule has 3 nitrogen and oxygen atoms in total. The number of sulfonamides is 1. The Morgan fingerprint density at radius 1 is 1.21 bits per heavy atom. The number of benzene rings is 1. The van der Waals surface area contributed by atoms with Gasteiger partial charge in [0.1, 0.15) is 0 Å². The largest absolute Gasteiger partial charge is 0.216 e. The van der Waals surface area contributed by atoms with E-state index in [1.165, 1.54) is 0 Å². The first-order chi connectivity index (χ1) is 6.66. The summed E-state index contributed by atoms with van der Waals surface area (Å²) in [5.74, 6) is 0.0876. The summed E-state index contributed by atoms with van der Waals surface area (Å²) < 4.78 is 25.7. The molecule has 14 heavy (non-hydrogen) atoms. The highest BCUT2D eigenvalue weighted by Gasteiger charge is 2.26. The van der Waals surface area contributed by atoms with E-state index in [1.807, 2.05) is 30.3 Å². The van der Waals surface area contributed by atoms with Gasteiger partial charge < -0.3 is 0 Å². The lowest BCUT2D eigenvalue weighted by Gasteiger charge is -2.04. The molecule has 1 aromatic rings. The zero-order valence-corrected chi connectivity index (χ0v) is 8.63. The molecule has 0 aliphatic heterocycles. The number of hydrogen-bond acceptors (Lipinski definition) is 2. The van der Waals surface area contributed by atoms with Crippen molar-refractivity contribution in [3.05, 3.63) is 35.9 Å². The molecular formula is C10H13NO2S. The maximum absolute atomic E-state index is 11.5. The van der Waals surface area contributed by atoms with Crippen LogP contribution in [-0.2, 0) is 15.8 Å². The van der Waals surface area contributed by atoms with Crippen molar-refractivity contribution < 1.29 is 8.42 Å². The zero-order valence-electron chi connectivity index (χ0n) is 7.81. The molecule has 1 saturated carbocycles. The fourth-order valence-corrected chi connectivity index (χ4v) is 2.75. The molecule has 1 aliphatic carbocycles. The molecule has 0 amide bonds. The van der Waals surface area contributed by atoms with Crippen LogP contribution in [0, 0.1) is 0 Å². The molecule has 0 heterocycles. The minimum Gasteiger partial charge on any atom is -0.212 e. The van der Waals surface area contributed by atoms with E-state index in [0.717, 1.165) is 18.4 Å². The highest BCUT2D eigenvalue weighted by atomic mass is 32.2. The van der Waals surface area contributed by atoms with E-state index < -0.39 is 10.0 Å². The van der Waals surface area contributed by atoms with E-state index in [9.17, 15) is 8.42 Å². The van der Waals surface area contributed by atoms with E-state index in [-0.39, 0.29) is 11.8 Å². The molecule has 76 valence electrons. The van der Waals surface area contributed by atoms with Crippen LogP contribution in [0.4, 0.5) is 0 Å². The van der Waals surface area contributed by atoms with Gasteiger partial charge in [0.05, 0.1) is 5.75 Å². The Bertz CT molecular complexity index is 395. The van der Waals surface area contributed by atoms with Crippen molar-refractivity contribution in [3.63, 3.8) is 0 Å². The van der Waals surface area contributed by atoms with Crippen molar-refractivity contribution in [2.75, 3.05) is 0 Å². The second-order valence-corrected chi connectivity index (χ2v) is 5.39. The van der Waals surface area contributed by atoms with E-state index in [2.05, 4.69) is 4.72 Å². The Kier molecular flexibility index (Phi) is 2.56. The summed E-state index contributed by atoms with van der Waals surface area (Å²) in [7, 11) is -3.12. The number of nitrogens with one attached hydrogen (secondary N) is 1. The van der Waals surface area contributed by atoms with Crippen molar-refractivity contribution in [2.45, 2.75) is 24.6 Å². The normalized spacial score (nSPS) is 16.9. The fourth-order valence-electron chi connectivity index (χ4n) is 1.29. The summed E-state index contributed by atoms with van der Waals surface area (Å²) in [4.78, 5) is 0. The minimum atomic E-state index is -3.12. The Labute approximate surface area is 84.2 Å². The molecule has 1 fully saturated rings. The molecule has 0 spiro atoms.